The van der Waals surface area contributed by atoms with Gasteiger partial charge < -0.3 is 9.80 Å². The van der Waals surface area contributed by atoms with Gasteiger partial charge in [-0.3, -0.25) is 9.89 Å². The van der Waals surface area contributed by atoms with E-state index in [1.54, 1.807) is 0 Å². The van der Waals surface area contributed by atoms with E-state index in [2.05, 4.69) is 35.9 Å². The number of rotatable bonds is 8. The second-order valence-electron chi connectivity index (χ2n) is 5.98. The van der Waals surface area contributed by atoms with Crippen molar-refractivity contribution in [3.05, 3.63) is 17.5 Å². The van der Waals surface area contributed by atoms with Crippen molar-refractivity contribution in [2.75, 3.05) is 33.7 Å². The first-order valence-corrected chi connectivity index (χ1v) is 7.42. The van der Waals surface area contributed by atoms with E-state index < -0.39 is 0 Å². The van der Waals surface area contributed by atoms with Gasteiger partial charge in [-0.1, -0.05) is 27.2 Å². The Kier molecular flexibility index (Phi) is 6.71. The lowest BCUT2D eigenvalue weighted by atomic mass is 10.2. The Hall–Kier alpha value is -1.36. The number of nitrogens with one attached hydrogen (secondary N) is 1. The molecule has 0 bridgehead atoms. The summed E-state index contributed by atoms with van der Waals surface area (Å²) < 4.78 is 0. The summed E-state index contributed by atoms with van der Waals surface area (Å²) in [6, 6.07) is 1.88. The van der Waals surface area contributed by atoms with Crippen LogP contribution in [0.15, 0.2) is 6.07 Å². The Bertz CT molecular complexity index is 412. The number of aromatic amines is 1. The molecule has 1 amide bonds. The van der Waals surface area contributed by atoms with Gasteiger partial charge in [-0.2, -0.15) is 5.10 Å². The third kappa shape index (κ3) is 5.33. The molecule has 5 nitrogen and oxygen atoms in total. The maximum absolute atomic E-state index is 12.5. The largest absolute Gasteiger partial charge is 0.336 e. The first-order chi connectivity index (χ1) is 9.43. The number of H-pyrrole nitrogens is 1. The topological polar surface area (TPSA) is 52.2 Å². The predicted octanol–water partition coefficient (Wildman–Crippen LogP) is 2.02. The molecule has 1 aromatic rings. The maximum Gasteiger partial charge on any atom is 0.274 e. The molecule has 0 saturated carbocycles. The SMILES string of the molecule is CCCc1cc(C(=O)N(CCN(C)C)CC(C)C)n[nH]1. The normalized spacial score (nSPS) is 11.3. The van der Waals surface area contributed by atoms with Crippen molar-refractivity contribution in [2.24, 2.45) is 5.92 Å². The smallest absolute Gasteiger partial charge is 0.274 e. The molecule has 1 rings (SSSR count). The molecule has 5 heteroatoms. The van der Waals surface area contributed by atoms with E-state index in [0.717, 1.165) is 38.2 Å². The molecule has 0 aliphatic rings. The van der Waals surface area contributed by atoms with Crippen LogP contribution in [0.1, 0.15) is 43.4 Å². The summed E-state index contributed by atoms with van der Waals surface area (Å²) in [7, 11) is 4.04. The van der Waals surface area contributed by atoms with E-state index >= 15 is 0 Å². The third-order valence-electron chi connectivity index (χ3n) is 3.06. The fourth-order valence-electron chi connectivity index (χ4n) is 2.07. The fraction of sp³-hybridized carbons (Fsp3) is 0.733. The van der Waals surface area contributed by atoms with Crippen LogP contribution >= 0.6 is 0 Å². The van der Waals surface area contributed by atoms with Crippen molar-refractivity contribution in [1.82, 2.24) is 20.0 Å². The lowest BCUT2D eigenvalue weighted by molar-refractivity contribution is 0.0718. The van der Waals surface area contributed by atoms with Crippen molar-refractivity contribution in [3.63, 3.8) is 0 Å². The number of carbonyl (C=O) groups is 1. The monoisotopic (exact) mass is 280 g/mol. The third-order valence-corrected chi connectivity index (χ3v) is 3.06. The van der Waals surface area contributed by atoms with Crippen LogP contribution in [0.5, 0.6) is 0 Å². The Balaban J connectivity index is 2.74. The second-order valence-corrected chi connectivity index (χ2v) is 5.98. The molecule has 0 aliphatic carbocycles. The maximum atomic E-state index is 12.5. The van der Waals surface area contributed by atoms with Crippen LogP contribution in [0.3, 0.4) is 0 Å². The van der Waals surface area contributed by atoms with Gasteiger partial charge in [0.2, 0.25) is 0 Å². The van der Waals surface area contributed by atoms with Crippen LogP contribution in [0.2, 0.25) is 0 Å². The Morgan fingerprint density at radius 1 is 1.35 bits per heavy atom. The van der Waals surface area contributed by atoms with Gasteiger partial charge >= 0.3 is 0 Å². The zero-order chi connectivity index (χ0) is 15.1. The molecule has 1 N–H and O–H groups in total. The molecule has 0 aliphatic heterocycles. The minimum absolute atomic E-state index is 0.0270. The molecular weight excluding hydrogens is 252 g/mol. The van der Waals surface area contributed by atoms with E-state index in [9.17, 15) is 4.79 Å². The van der Waals surface area contributed by atoms with Crippen LogP contribution in [0.25, 0.3) is 0 Å². The highest BCUT2D eigenvalue weighted by Crippen LogP contribution is 2.08. The number of amides is 1. The summed E-state index contributed by atoms with van der Waals surface area (Å²) in [6.45, 7) is 8.74. The molecule has 0 atom stereocenters. The first-order valence-electron chi connectivity index (χ1n) is 7.42. The molecule has 114 valence electrons. The van der Waals surface area contributed by atoms with Gasteiger partial charge in [0.15, 0.2) is 0 Å². The number of nitrogens with zero attached hydrogens (tertiary/aromatic N) is 3. The van der Waals surface area contributed by atoms with Gasteiger partial charge in [0.1, 0.15) is 5.69 Å². The molecule has 0 aromatic carbocycles. The summed E-state index contributed by atoms with van der Waals surface area (Å²) >= 11 is 0. The van der Waals surface area contributed by atoms with Crippen LogP contribution in [0, 0.1) is 5.92 Å². The van der Waals surface area contributed by atoms with Gasteiger partial charge in [0, 0.05) is 25.3 Å². The van der Waals surface area contributed by atoms with E-state index in [4.69, 9.17) is 0 Å². The van der Waals surface area contributed by atoms with E-state index in [1.165, 1.54) is 0 Å². The minimum Gasteiger partial charge on any atom is -0.336 e. The highest BCUT2D eigenvalue weighted by molar-refractivity contribution is 5.92. The minimum atomic E-state index is 0.0270. The number of aryl methyl sites for hydroxylation is 1. The van der Waals surface area contributed by atoms with E-state index in [1.807, 2.05) is 25.1 Å². The molecule has 1 heterocycles. The van der Waals surface area contributed by atoms with Crippen molar-refractivity contribution in [1.29, 1.82) is 0 Å². The van der Waals surface area contributed by atoms with Gasteiger partial charge in [0.05, 0.1) is 0 Å². The summed E-state index contributed by atoms with van der Waals surface area (Å²) in [4.78, 5) is 16.5. The van der Waals surface area contributed by atoms with Crippen LogP contribution in [-0.2, 0) is 6.42 Å². The molecule has 0 saturated heterocycles. The molecule has 0 spiro atoms. The van der Waals surface area contributed by atoms with Crippen LogP contribution < -0.4 is 0 Å². The molecule has 0 fully saturated rings. The number of aromatic nitrogens is 2. The lowest BCUT2D eigenvalue weighted by Gasteiger charge is -2.25. The Morgan fingerprint density at radius 2 is 2.05 bits per heavy atom. The van der Waals surface area contributed by atoms with Gasteiger partial charge in [-0.25, -0.2) is 0 Å². The van der Waals surface area contributed by atoms with Gasteiger partial charge in [0.25, 0.3) is 5.91 Å². The number of carbonyl (C=O) groups excluding carboxylic acids is 1. The molecule has 20 heavy (non-hydrogen) atoms. The average molecular weight is 280 g/mol. The average Bonchev–Trinajstić information content (AvgIpc) is 2.82. The van der Waals surface area contributed by atoms with Crippen LogP contribution in [-0.4, -0.2) is 59.6 Å². The fourth-order valence-corrected chi connectivity index (χ4v) is 2.07. The quantitative estimate of drug-likeness (QED) is 0.792. The number of hydrogen-bond donors (Lipinski definition) is 1. The van der Waals surface area contributed by atoms with Gasteiger partial charge in [-0.15, -0.1) is 0 Å². The number of likely N-dealkylation sites (N-methyl/N-ethyl adjacent to an activating group) is 1. The van der Waals surface area contributed by atoms with Crippen molar-refractivity contribution < 1.29 is 4.79 Å². The summed E-state index contributed by atoms with van der Waals surface area (Å²) in [5.74, 6) is 0.481. The second kappa shape index (κ2) is 8.04. The van der Waals surface area contributed by atoms with Crippen molar-refractivity contribution in [3.8, 4) is 0 Å². The summed E-state index contributed by atoms with van der Waals surface area (Å²) in [5, 5.41) is 7.11. The zero-order valence-electron chi connectivity index (χ0n) is 13.4. The standard InChI is InChI=1S/C15H28N4O/c1-6-7-13-10-14(17-16-13)15(20)19(11-12(2)3)9-8-18(4)5/h10,12H,6-9,11H2,1-5H3,(H,16,17). The highest BCUT2D eigenvalue weighted by Gasteiger charge is 2.19. The molecule has 0 radical (unpaired) electrons. The van der Waals surface area contributed by atoms with Crippen molar-refractivity contribution >= 4 is 5.91 Å². The molecular formula is C15H28N4O. The molecule has 1 aromatic heterocycles. The predicted molar refractivity (Wildman–Crippen MR) is 81.9 cm³/mol. The van der Waals surface area contributed by atoms with E-state index in [0.29, 0.717) is 11.6 Å². The zero-order valence-corrected chi connectivity index (χ0v) is 13.4. The van der Waals surface area contributed by atoms with Gasteiger partial charge in [-0.05, 0) is 32.5 Å². The Labute approximate surface area is 122 Å². The van der Waals surface area contributed by atoms with Crippen LogP contribution in [0.4, 0.5) is 0 Å². The van der Waals surface area contributed by atoms with Crippen molar-refractivity contribution in [2.45, 2.75) is 33.6 Å². The highest BCUT2D eigenvalue weighted by atomic mass is 16.2. The summed E-state index contributed by atoms with van der Waals surface area (Å²) in [5.41, 5.74) is 1.57. The molecule has 0 unspecified atom stereocenters. The van der Waals surface area contributed by atoms with E-state index in [-0.39, 0.29) is 5.91 Å². The first kappa shape index (κ1) is 16.7. The summed E-state index contributed by atoms with van der Waals surface area (Å²) in [6.07, 6.45) is 1.98. The number of hydrogen-bond acceptors (Lipinski definition) is 3. The lowest BCUT2D eigenvalue weighted by Crippen LogP contribution is -2.39. The Morgan fingerprint density at radius 3 is 2.60 bits per heavy atom.